The van der Waals surface area contributed by atoms with Gasteiger partial charge < -0.3 is 10.1 Å². The first-order chi connectivity index (χ1) is 8.46. The minimum Gasteiger partial charge on any atom is -0.492 e. The van der Waals surface area contributed by atoms with Crippen molar-refractivity contribution in [3.05, 3.63) is 30.3 Å². The highest BCUT2D eigenvalue weighted by Gasteiger charge is 2.67. The van der Waals surface area contributed by atoms with E-state index in [0.717, 1.165) is 5.75 Å². The van der Waals surface area contributed by atoms with Gasteiger partial charge in [-0.15, -0.1) is 23.2 Å². The van der Waals surface area contributed by atoms with E-state index in [2.05, 4.69) is 5.32 Å². The zero-order valence-corrected chi connectivity index (χ0v) is 11.6. The molecule has 5 heteroatoms. The van der Waals surface area contributed by atoms with Crippen molar-refractivity contribution in [2.45, 2.75) is 17.7 Å². The van der Waals surface area contributed by atoms with Gasteiger partial charge in [-0.25, -0.2) is 0 Å². The fourth-order valence-corrected chi connectivity index (χ4v) is 2.40. The van der Waals surface area contributed by atoms with Crippen LogP contribution in [0.3, 0.4) is 0 Å². The monoisotopic (exact) mass is 287 g/mol. The molecule has 0 radical (unpaired) electrons. The molecular formula is C13H15Cl2NO2. The molecule has 1 N–H and O–H groups in total. The van der Waals surface area contributed by atoms with Gasteiger partial charge in [0.15, 0.2) is 0 Å². The summed E-state index contributed by atoms with van der Waals surface area (Å²) in [7, 11) is 0. The fourth-order valence-electron chi connectivity index (χ4n) is 1.69. The second kappa shape index (κ2) is 4.98. The van der Waals surface area contributed by atoms with Gasteiger partial charge in [0.1, 0.15) is 16.7 Å². The molecule has 1 unspecified atom stereocenters. The van der Waals surface area contributed by atoms with Crippen molar-refractivity contribution >= 4 is 29.1 Å². The summed E-state index contributed by atoms with van der Waals surface area (Å²) < 4.78 is 4.54. The van der Waals surface area contributed by atoms with Crippen LogP contribution in [0.15, 0.2) is 30.3 Å². The van der Waals surface area contributed by atoms with E-state index in [9.17, 15) is 4.79 Å². The van der Waals surface area contributed by atoms with Crippen LogP contribution in [0.4, 0.5) is 0 Å². The first-order valence-electron chi connectivity index (χ1n) is 5.80. The quantitative estimate of drug-likeness (QED) is 0.668. The highest BCUT2D eigenvalue weighted by Crippen LogP contribution is 2.63. The number of para-hydroxylation sites is 1. The predicted molar refractivity (Wildman–Crippen MR) is 72.1 cm³/mol. The van der Waals surface area contributed by atoms with Crippen LogP contribution in [-0.2, 0) is 4.79 Å². The first-order valence-corrected chi connectivity index (χ1v) is 6.55. The van der Waals surface area contributed by atoms with Crippen molar-refractivity contribution in [3.8, 4) is 5.75 Å². The molecular weight excluding hydrogens is 273 g/mol. The summed E-state index contributed by atoms with van der Waals surface area (Å²) in [6.45, 7) is 2.62. The highest BCUT2D eigenvalue weighted by molar-refractivity contribution is 6.53. The van der Waals surface area contributed by atoms with Crippen LogP contribution in [0.5, 0.6) is 5.75 Å². The third-order valence-corrected chi connectivity index (χ3v) is 4.26. The second-order valence-corrected chi connectivity index (χ2v) is 6.11. The van der Waals surface area contributed by atoms with Gasteiger partial charge in [0.05, 0.1) is 12.0 Å². The van der Waals surface area contributed by atoms with Crippen molar-refractivity contribution in [1.29, 1.82) is 0 Å². The molecule has 2 rings (SSSR count). The maximum absolute atomic E-state index is 11.8. The smallest absolute Gasteiger partial charge is 0.229 e. The van der Waals surface area contributed by atoms with Crippen LogP contribution in [0.2, 0.25) is 0 Å². The average Bonchev–Trinajstić information content (AvgIpc) is 2.87. The summed E-state index contributed by atoms with van der Waals surface area (Å²) in [5.41, 5.74) is -0.664. The first kappa shape index (κ1) is 13.5. The minimum atomic E-state index is -0.919. The molecule has 1 atom stereocenters. The van der Waals surface area contributed by atoms with Crippen LogP contribution in [0.25, 0.3) is 0 Å². The molecule has 1 aliphatic rings. The van der Waals surface area contributed by atoms with E-state index in [4.69, 9.17) is 27.9 Å². The van der Waals surface area contributed by atoms with Crippen LogP contribution in [-0.4, -0.2) is 23.4 Å². The lowest BCUT2D eigenvalue weighted by atomic mass is 10.1. The van der Waals surface area contributed by atoms with E-state index < -0.39 is 9.75 Å². The standard InChI is InChI=1S/C13H15Cl2NO2/c1-12(9-13(12,14)15)11(17)16-7-8-18-10-5-3-2-4-6-10/h2-6H,7-9H2,1H3,(H,16,17). The predicted octanol–water partition coefficient (Wildman–Crippen LogP) is 2.77. The number of rotatable bonds is 5. The van der Waals surface area contributed by atoms with Gasteiger partial charge in [-0.3, -0.25) is 4.79 Å². The van der Waals surface area contributed by atoms with Gasteiger partial charge in [-0.2, -0.15) is 0 Å². The largest absolute Gasteiger partial charge is 0.492 e. The Morgan fingerprint density at radius 1 is 1.39 bits per heavy atom. The number of alkyl halides is 2. The molecule has 0 heterocycles. The van der Waals surface area contributed by atoms with Crippen molar-refractivity contribution in [2.24, 2.45) is 5.41 Å². The number of benzene rings is 1. The molecule has 1 aromatic carbocycles. The third-order valence-electron chi connectivity index (χ3n) is 3.16. The van der Waals surface area contributed by atoms with Crippen molar-refractivity contribution < 1.29 is 9.53 Å². The molecule has 0 aliphatic heterocycles. The maximum atomic E-state index is 11.8. The molecule has 3 nitrogen and oxygen atoms in total. The molecule has 0 saturated heterocycles. The Morgan fingerprint density at radius 3 is 2.56 bits per heavy atom. The summed E-state index contributed by atoms with van der Waals surface area (Å²) in [6, 6.07) is 9.45. The minimum absolute atomic E-state index is 0.121. The second-order valence-electron chi connectivity index (χ2n) is 4.63. The number of hydrogen-bond donors (Lipinski definition) is 1. The lowest BCUT2D eigenvalue weighted by Crippen LogP contribution is -2.35. The molecule has 0 aromatic heterocycles. The number of hydrogen-bond acceptors (Lipinski definition) is 2. The van der Waals surface area contributed by atoms with E-state index in [1.807, 2.05) is 30.3 Å². The number of carbonyl (C=O) groups is 1. The van der Waals surface area contributed by atoms with Gasteiger partial charge >= 0.3 is 0 Å². The van der Waals surface area contributed by atoms with E-state index >= 15 is 0 Å². The number of ether oxygens (including phenoxy) is 1. The summed E-state index contributed by atoms with van der Waals surface area (Å²) in [4.78, 5) is 11.8. The Morgan fingerprint density at radius 2 is 2.00 bits per heavy atom. The van der Waals surface area contributed by atoms with Crippen molar-refractivity contribution in [3.63, 3.8) is 0 Å². The topological polar surface area (TPSA) is 38.3 Å². The molecule has 0 bridgehead atoms. The summed E-state index contributed by atoms with van der Waals surface area (Å²) >= 11 is 11.9. The molecule has 1 aliphatic carbocycles. The van der Waals surface area contributed by atoms with E-state index in [1.165, 1.54) is 0 Å². The summed E-state index contributed by atoms with van der Waals surface area (Å²) in [6.07, 6.45) is 0.495. The van der Waals surface area contributed by atoms with Gasteiger partial charge in [-0.1, -0.05) is 18.2 Å². The lowest BCUT2D eigenvalue weighted by molar-refractivity contribution is -0.125. The molecule has 0 spiro atoms. The van der Waals surface area contributed by atoms with Crippen LogP contribution >= 0.6 is 23.2 Å². The van der Waals surface area contributed by atoms with Gasteiger partial charge in [-0.05, 0) is 25.5 Å². The van der Waals surface area contributed by atoms with Gasteiger partial charge in [0, 0.05) is 0 Å². The summed E-state index contributed by atoms with van der Waals surface area (Å²) in [5, 5.41) is 2.78. The number of nitrogens with one attached hydrogen (secondary N) is 1. The SMILES string of the molecule is CC1(C(=O)NCCOc2ccccc2)CC1(Cl)Cl. The molecule has 1 amide bonds. The molecule has 1 aromatic rings. The highest BCUT2D eigenvalue weighted by atomic mass is 35.5. The Kier molecular flexibility index (Phi) is 3.74. The fraction of sp³-hybridized carbons (Fsp3) is 0.462. The lowest BCUT2D eigenvalue weighted by Gasteiger charge is -2.13. The zero-order valence-electron chi connectivity index (χ0n) is 10.1. The van der Waals surface area contributed by atoms with Crippen LogP contribution < -0.4 is 10.1 Å². The molecule has 1 saturated carbocycles. The maximum Gasteiger partial charge on any atom is 0.229 e. The Bertz CT molecular complexity index is 436. The van der Waals surface area contributed by atoms with E-state index in [1.54, 1.807) is 6.92 Å². The Balaban J connectivity index is 1.69. The summed E-state index contributed by atoms with van der Waals surface area (Å²) in [5.74, 6) is 0.664. The zero-order chi connectivity index (χ0) is 13.2. The molecule has 98 valence electrons. The normalized spacial score (nSPS) is 24.4. The van der Waals surface area contributed by atoms with Crippen LogP contribution in [0, 0.1) is 5.41 Å². The van der Waals surface area contributed by atoms with E-state index in [-0.39, 0.29) is 5.91 Å². The Hall–Kier alpha value is -0.930. The van der Waals surface area contributed by atoms with Crippen molar-refractivity contribution in [1.82, 2.24) is 5.32 Å². The third kappa shape index (κ3) is 2.73. The number of halogens is 2. The Labute approximate surface area is 116 Å². The number of amides is 1. The van der Waals surface area contributed by atoms with Gasteiger partial charge in [0.2, 0.25) is 5.91 Å². The van der Waals surface area contributed by atoms with Gasteiger partial charge in [0.25, 0.3) is 0 Å². The molecule has 1 fully saturated rings. The average molecular weight is 288 g/mol. The molecule has 18 heavy (non-hydrogen) atoms. The number of carbonyl (C=O) groups excluding carboxylic acids is 1. The van der Waals surface area contributed by atoms with Crippen molar-refractivity contribution in [2.75, 3.05) is 13.2 Å². The van der Waals surface area contributed by atoms with Crippen LogP contribution in [0.1, 0.15) is 13.3 Å². The van der Waals surface area contributed by atoms with E-state index in [0.29, 0.717) is 19.6 Å².